The maximum atomic E-state index is 13.6. The zero-order chi connectivity index (χ0) is 16.8. The van der Waals surface area contributed by atoms with Crippen LogP contribution in [0.5, 0.6) is 0 Å². The van der Waals surface area contributed by atoms with Crippen molar-refractivity contribution in [2.45, 2.75) is 32.9 Å². The molecule has 1 fully saturated rings. The molecule has 2 atom stereocenters. The van der Waals surface area contributed by atoms with Crippen molar-refractivity contribution in [1.82, 2.24) is 15.5 Å². The molecule has 2 rings (SSSR count). The molecule has 2 N–H and O–H groups in total. The number of carbonyl (C=O) groups excluding carboxylic acids is 1. The van der Waals surface area contributed by atoms with Crippen LogP contribution in [0.2, 0.25) is 0 Å². The molecule has 1 aliphatic rings. The van der Waals surface area contributed by atoms with Crippen molar-refractivity contribution in [3.05, 3.63) is 35.1 Å². The van der Waals surface area contributed by atoms with Crippen LogP contribution in [0, 0.1) is 12.7 Å². The van der Waals surface area contributed by atoms with Gasteiger partial charge in [0.2, 0.25) is 0 Å². The molecule has 0 saturated carbocycles. The highest BCUT2D eigenvalue weighted by atomic mass is 19.1. The third-order valence-corrected chi connectivity index (χ3v) is 4.06. The number of nitrogens with one attached hydrogen (secondary N) is 2. The summed E-state index contributed by atoms with van der Waals surface area (Å²) in [6, 6.07) is 4.58. The maximum Gasteiger partial charge on any atom is 0.315 e. The number of halogens is 1. The van der Waals surface area contributed by atoms with E-state index in [1.807, 2.05) is 19.9 Å². The largest absolute Gasteiger partial charge is 0.379 e. The van der Waals surface area contributed by atoms with Gasteiger partial charge in [0.15, 0.2) is 0 Å². The van der Waals surface area contributed by atoms with Gasteiger partial charge in [-0.2, -0.15) is 0 Å². The number of benzene rings is 1. The van der Waals surface area contributed by atoms with E-state index in [-0.39, 0.29) is 23.9 Å². The lowest BCUT2D eigenvalue weighted by molar-refractivity contribution is 0.0349. The number of hydrogen-bond donors (Lipinski definition) is 2. The Hall–Kier alpha value is -1.66. The van der Waals surface area contributed by atoms with Crippen LogP contribution in [0.1, 0.15) is 31.0 Å². The molecule has 1 aliphatic heterocycles. The Balaban J connectivity index is 1.79. The monoisotopic (exact) mass is 323 g/mol. The predicted octanol–water partition coefficient (Wildman–Crippen LogP) is 2.22. The van der Waals surface area contributed by atoms with Gasteiger partial charge in [-0.3, -0.25) is 4.90 Å². The van der Waals surface area contributed by atoms with Gasteiger partial charge < -0.3 is 15.4 Å². The highest BCUT2D eigenvalue weighted by molar-refractivity contribution is 5.74. The summed E-state index contributed by atoms with van der Waals surface area (Å²) in [5, 5.41) is 5.78. The molecule has 1 aromatic carbocycles. The molecule has 128 valence electrons. The van der Waals surface area contributed by atoms with E-state index in [0.717, 1.165) is 38.4 Å². The normalized spacial score (nSPS) is 18.3. The zero-order valence-corrected chi connectivity index (χ0v) is 14.1. The summed E-state index contributed by atoms with van der Waals surface area (Å²) in [4.78, 5) is 14.3. The van der Waals surface area contributed by atoms with Crippen LogP contribution in [-0.4, -0.2) is 49.8 Å². The summed E-state index contributed by atoms with van der Waals surface area (Å²) in [7, 11) is 0. The van der Waals surface area contributed by atoms with Gasteiger partial charge in [-0.15, -0.1) is 0 Å². The standard InChI is InChI=1S/C17H26FN3O2/c1-12-4-5-15(10-16(12)18)14(3)20-17(22)19-13(2)11-21-6-8-23-9-7-21/h4-5,10,13-14H,6-9,11H2,1-3H3,(H2,19,20,22)/t13-,14-/m1/s1. The molecule has 0 bridgehead atoms. The summed E-state index contributed by atoms with van der Waals surface area (Å²) in [5.41, 5.74) is 1.36. The first-order chi connectivity index (χ1) is 11.0. The van der Waals surface area contributed by atoms with Crippen molar-refractivity contribution >= 4 is 6.03 Å². The molecule has 1 saturated heterocycles. The van der Waals surface area contributed by atoms with Crippen LogP contribution < -0.4 is 10.6 Å². The Bertz CT molecular complexity index is 533. The maximum absolute atomic E-state index is 13.6. The highest BCUT2D eigenvalue weighted by Crippen LogP contribution is 2.16. The van der Waals surface area contributed by atoms with E-state index in [9.17, 15) is 9.18 Å². The highest BCUT2D eigenvalue weighted by Gasteiger charge is 2.16. The van der Waals surface area contributed by atoms with E-state index in [0.29, 0.717) is 5.56 Å². The van der Waals surface area contributed by atoms with Crippen molar-refractivity contribution in [2.75, 3.05) is 32.8 Å². The van der Waals surface area contributed by atoms with Crippen molar-refractivity contribution < 1.29 is 13.9 Å². The fourth-order valence-electron chi connectivity index (χ4n) is 2.64. The zero-order valence-electron chi connectivity index (χ0n) is 14.1. The van der Waals surface area contributed by atoms with E-state index in [1.54, 1.807) is 13.0 Å². The van der Waals surface area contributed by atoms with Gasteiger partial charge in [0.1, 0.15) is 5.82 Å². The van der Waals surface area contributed by atoms with Crippen LogP contribution >= 0.6 is 0 Å². The fourth-order valence-corrected chi connectivity index (χ4v) is 2.64. The second-order valence-electron chi connectivity index (χ2n) is 6.16. The fraction of sp³-hybridized carbons (Fsp3) is 0.588. The number of hydrogen-bond acceptors (Lipinski definition) is 3. The van der Waals surface area contributed by atoms with Gasteiger partial charge >= 0.3 is 6.03 Å². The minimum absolute atomic E-state index is 0.0371. The molecular formula is C17H26FN3O2. The molecule has 1 heterocycles. The van der Waals surface area contributed by atoms with E-state index < -0.39 is 0 Å². The number of urea groups is 1. The smallest absolute Gasteiger partial charge is 0.315 e. The average molecular weight is 323 g/mol. The van der Waals surface area contributed by atoms with E-state index in [1.165, 1.54) is 6.07 Å². The lowest BCUT2D eigenvalue weighted by Gasteiger charge is -2.29. The molecule has 0 radical (unpaired) electrons. The molecule has 1 aromatic rings. The predicted molar refractivity (Wildman–Crippen MR) is 87.9 cm³/mol. The third kappa shape index (κ3) is 5.48. The summed E-state index contributed by atoms with van der Waals surface area (Å²) < 4.78 is 18.9. The molecule has 0 unspecified atom stereocenters. The first-order valence-electron chi connectivity index (χ1n) is 8.09. The summed E-state index contributed by atoms with van der Waals surface area (Å²) in [6.07, 6.45) is 0. The molecule has 0 spiro atoms. The second-order valence-corrected chi connectivity index (χ2v) is 6.16. The Morgan fingerprint density at radius 3 is 2.65 bits per heavy atom. The van der Waals surface area contributed by atoms with Crippen LogP contribution in [0.4, 0.5) is 9.18 Å². The molecule has 23 heavy (non-hydrogen) atoms. The number of carbonyl (C=O) groups is 1. The van der Waals surface area contributed by atoms with Gasteiger partial charge in [0.05, 0.1) is 19.3 Å². The minimum atomic E-state index is -0.253. The van der Waals surface area contributed by atoms with Crippen LogP contribution in [-0.2, 0) is 4.74 Å². The van der Waals surface area contributed by atoms with Crippen LogP contribution in [0.15, 0.2) is 18.2 Å². The van der Waals surface area contributed by atoms with E-state index in [2.05, 4.69) is 15.5 Å². The Kier molecular flexibility index (Phi) is 6.36. The quantitative estimate of drug-likeness (QED) is 0.873. The van der Waals surface area contributed by atoms with Crippen molar-refractivity contribution in [2.24, 2.45) is 0 Å². The average Bonchev–Trinajstić information content (AvgIpc) is 2.50. The topological polar surface area (TPSA) is 53.6 Å². The lowest BCUT2D eigenvalue weighted by atomic mass is 10.1. The van der Waals surface area contributed by atoms with Gasteiger partial charge in [-0.25, -0.2) is 9.18 Å². The summed E-state index contributed by atoms with van der Waals surface area (Å²) in [5.74, 6) is -0.253. The number of morpholine rings is 1. The Morgan fingerprint density at radius 2 is 2.00 bits per heavy atom. The SMILES string of the molecule is Cc1ccc([C@@H](C)NC(=O)N[C@H](C)CN2CCOCC2)cc1F. The van der Waals surface area contributed by atoms with Crippen LogP contribution in [0.25, 0.3) is 0 Å². The Labute approximate surface area is 137 Å². The first kappa shape index (κ1) is 17.7. The number of amides is 2. The van der Waals surface area contributed by atoms with Gasteiger partial charge in [-0.1, -0.05) is 12.1 Å². The number of ether oxygens (including phenoxy) is 1. The van der Waals surface area contributed by atoms with Gasteiger partial charge in [0.25, 0.3) is 0 Å². The third-order valence-electron chi connectivity index (χ3n) is 4.06. The molecular weight excluding hydrogens is 297 g/mol. The van der Waals surface area contributed by atoms with Crippen molar-refractivity contribution in [3.8, 4) is 0 Å². The van der Waals surface area contributed by atoms with E-state index in [4.69, 9.17) is 4.74 Å². The van der Waals surface area contributed by atoms with Crippen molar-refractivity contribution in [1.29, 1.82) is 0 Å². The molecule has 2 amide bonds. The summed E-state index contributed by atoms with van der Waals surface area (Å²) >= 11 is 0. The second kappa shape index (κ2) is 8.26. The molecule has 0 aliphatic carbocycles. The van der Waals surface area contributed by atoms with E-state index >= 15 is 0 Å². The molecule has 5 nitrogen and oxygen atoms in total. The van der Waals surface area contributed by atoms with Crippen molar-refractivity contribution in [3.63, 3.8) is 0 Å². The van der Waals surface area contributed by atoms with Crippen LogP contribution in [0.3, 0.4) is 0 Å². The number of rotatable bonds is 5. The molecule has 6 heteroatoms. The van der Waals surface area contributed by atoms with Gasteiger partial charge in [-0.05, 0) is 38.0 Å². The molecule has 0 aromatic heterocycles. The van der Waals surface area contributed by atoms with Gasteiger partial charge in [0, 0.05) is 25.7 Å². The Morgan fingerprint density at radius 1 is 1.30 bits per heavy atom. The number of aryl methyl sites for hydroxylation is 1. The lowest BCUT2D eigenvalue weighted by Crippen LogP contribution is -2.48. The number of nitrogens with zero attached hydrogens (tertiary/aromatic N) is 1. The first-order valence-corrected chi connectivity index (χ1v) is 8.09. The summed E-state index contributed by atoms with van der Waals surface area (Å²) in [6.45, 7) is 9.62. The minimum Gasteiger partial charge on any atom is -0.379 e.